The van der Waals surface area contributed by atoms with E-state index in [1.54, 1.807) is 0 Å². The van der Waals surface area contributed by atoms with Crippen LogP contribution in [0.2, 0.25) is 0 Å². The Morgan fingerprint density at radius 3 is 2.67 bits per heavy atom. The van der Waals surface area contributed by atoms with E-state index in [1.165, 1.54) is 7.11 Å². The maximum absolute atomic E-state index is 8.88. The molecule has 0 aliphatic carbocycles. The molecule has 12 heavy (non-hydrogen) atoms. The second-order valence-electron chi connectivity index (χ2n) is 2.65. The lowest BCUT2D eigenvalue weighted by Gasteiger charge is -2.25. The van der Waals surface area contributed by atoms with Gasteiger partial charge in [-0.2, -0.15) is 0 Å². The molecule has 0 saturated heterocycles. The molecule has 4 heteroatoms. The highest BCUT2D eigenvalue weighted by Gasteiger charge is 2.24. The van der Waals surface area contributed by atoms with E-state index in [0.717, 1.165) is 0 Å². The Morgan fingerprint density at radius 1 is 1.58 bits per heavy atom. The largest absolute Gasteiger partial charge is 0.394 e. The number of rotatable bonds is 6. The van der Waals surface area contributed by atoms with E-state index in [4.69, 9.17) is 26.7 Å². The first kappa shape index (κ1) is 11.4. The number of terminal acetylenes is 1. The smallest absolute Gasteiger partial charge is 0.107 e. The molecule has 0 spiro atoms. The molecule has 0 aromatic carbocycles. The lowest BCUT2D eigenvalue weighted by atomic mass is 10.1. The summed E-state index contributed by atoms with van der Waals surface area (Å²) in [4.78, 5) is 0. The SMILES string of the molecule is C#CCOCC(N)(CO)COC. The van der Waals surface area contributed by atoms with Gasteiger partial charge in [0.25, 0.3) is 0 Å². The molecule has 0 heterocycles. The van der Waals surface area contributed by atoms with Crippen LogP contribution in [0.4, 0.5) is 0 Å². The summed E-state index contributed by atoms with van der Waals surface area (Å²) < 4.78 is 9.80. The van der Waals surface area contributed by atoms with Gasteiger partial charge in [-0.15, -0.1) is 6.42 Å². The molecule has 0 aliphatic rings. The third-order valence-corrected chi connectivity index (χ3v) is 1.32. The summed E-state index contributed by atoms with van der Waals surface area (Å²) in [6.07, 6.45) is 4.96. The summed E-state index contributed by atoms with van der Waals surface area (Å²) >= 11 is 0. The van der Waals surface area contributed by atoms with Crippen molar-refractivity contribution in [1.29, 1.82) is 0 Å². The average Bonchev–Trinajstić information content (AvgIpc) is 2.06. The zero-order chi connectivity index (χ0) is 9.45. The molecular weight excluding hydrogens is 158 g/mol. The summed E-state index contributed by atoms with van der Waals surface area (Å²) in [5.74, 6) is 2.31. The van der Waals surface area contributed by atoms with Gasteiger partial charge < -0.3 is 20.3 Å². The molecule has 1 atom stereocenters. The molecule has 0 aliphatic heterocycles. The van der Waals surface area contributed by atoms with Crippen LogP contribution in [-0.4, -0.2) is 44.2 Å². The van der Waals surface area contributed by atoms with Gasteiger partial charge in [0.2, 0.25) is 0 Å². The van der Waals surface area contributed by atoms with Gasteiger partial charge in [0.05, 0.1) is 25.4 Å². The zero-order valence-corrected chi connectivity index (χ0v) is 7.25. The minimum atomic E-state index is -0.842. The van der Waals surface area contributed by atoms with Crippen LogP contribution in [0.1, 0.15) is 0 Å². The van der Waals surface area contributed by atoms with Crippen LogP contribution < -0.4 is 5.73 Å². The van der Waals surface area contributed by atoms with Crippen molar-refractivity contribution in [1.82, 2.24) is 0 Å². The van der Waals surface area contributed by atoms with Gasteiger partial charge >= 0.3 is 0 Å². The maximum Gasteiger partial charge on any atom is 0.107 e. The fraction of sp³-hybridized carbons (Fsp3) is 0.750. The quantitative estimate of drug-likeness (QED) is 0.398. The van der Waals surface area contributed by atoms with E-state index < -0.39 is 5.54 Å². The standard InChI is InChI=1S/C8H15NO3/c1-3-4-12-7-8(9,5-10)6-11-2/h1,10H,4-7,9H2,2H3. The highest BCUT2D eigenvalue weighted by Crippen LogP contribution is 2.00. The van der Waals surface area contributed by atoms with E-state index >= 15 is 0 Å². The Balaban J connectivity index is 3.72. The molecular formula is C8H15NO3. The number of aliphatic hydroxyl groups is 1. The van der Waals surface area contributed by atoms with Crippen LogP contribution in [0.3, 0.4) is 0 Å². The number of aliphatic hydroxyl groups excluding tert-OH is 1. The van der Waals surface area contributed by atoms with E-state index in [1.807, 2.05) is 0 Å². The molecule has 0 radical (unpaired) electrons. The molecule has 0 rings (SSSR count). The molecule has 3 N–H and O–H groups in total. The molecule has 0 fully saturated rings. The predicted molar refractivity (Wildman–Crippen MR) is 45.5 cm³/mol. The Bertz CT molecular complexity index is 155. The van der Waals surface area contributed by atoms with Crippen LogP contribution in [0, 0.1) is 12.3 Å². The van der Waals surface area contributed by atoms with Gasteiger partial charge in [-0.25, -0.2) is 0 Å². The van der Waals surface area contributed by atoms with Gasteiger partial charge in [0.1, 0.15) is 6.61 Å². The topological polar surface area (TPSA) is 64.7 Å². The maximum atomic E-state index is 8.88. The van der Waals surface area contributed by atoms with Crippen molar-refractivity contribution in [2.24, 2.45) is 5.73 Å². The normalized spacial score (nSPS) is 15.2. The Hall–Kier alpha value is -0.600. The highest BCUT2D eigenvalue weighted by atomic mass is 16.5. The summed E-state index contributed by atoms with van der Waals surface area (Å²) in [7, 11) is 1.51. The van der Waals surface area contributed by atoms with E-state index in [-0.39, 0.29) is 26.4 Å². The van der Waals surface area contributed by atoms with Gasteiger partial charge in [0, 0.05) is 7.11 Å². The number of ether oxygens (including phenoxy) is 2. The van der Waals surface area contributed by atoms with Crippen LogP contribution in [0.25, 0.3) is 0 Å². The number of hydrogen-bond acceptors (Lipinski definition) is 4. The summed E-state index contributed by atoms with van der Waals surface area (Å²) in [5, 5.41) is 8.88. The van der Waals surface area contributed by atoms with Crippen molar-refractivity contribution in [3.05, 3.63) is 0 Å². The summed E-state index contributed by atoms with van der Waals surface area (Å²) in [6, 6.07) is 0. The fourth-order valence-corrected chi connectivity index (χ4v) is 0.734. The number of methoxy groups -OCH3 is 1. The van der Waals surface area contributed by atoms with E-state index in [9.17, 15) is 0 Å². The lowest BCUT2D eigenvalue weighted by Crippen LogP contribution is -2.52. The van der Waals surface area contributed by atoms with Crippen molar-refractivity contribution in [2.45, 2.75) is 5.54 Å². The second-order valence-corrected chi connectivity index (χ2v) is 2.65. The number of hydrogen-bond donors (Lipinski definition) is 2. The van der Waals surface area contributed by atoms with Gasteiger partial charge in [0.15, 0.2) is 0 Å². The van der Waals surface area contributed by atoms with Crippen LogP contribution >= 0.6 is 0 Å². The van der Waals surface area contributed by atoms with Crippen molar-refractivity contribution in [2.75, 3.05) is 33.5 Å². The predicted octanol–water partition coefficient (Wildman–Crippen LogP) is -1.03. The summed E-state index contributed by atoms with van der Waals surface area (Å²) in [5.41, 5.74) is 4.84. The Kier molecular flexibility index (Phi) is 5.68. The average molecular weight is 173 g/mol. The molecule has 4 nitrogen and oxygen atoms in total. The fourth-order valence-electron chi connectivity index (χ4n) is 0.734. The molecule has 0 aromatic rings. The first-order chi connectivity index (χ1) is 5.68. The molecule has 0 bridgehead atoms. The molecule has 0 saturated carbocycles. The Labute approximate surface area is 72.7 Å². The minimum Gasteiger partial charge on any atom is -0.394 e. The first-order valence-electron chi connectivity index (χ1n) is 3.58. The van der Waals surface area contributed by atoms with Crippen LogP contribution in [0.5, 0.6) is 0 Å². The van der Waals surface area contributed by atoms with Crippen molar-refractivity contribution < 1.29 is 14.6 Å². The third-order valence-electron chi connectivity index (χ3n) is 1.32. The van der Waals surface area contributed by atoms with Gasteiger partial charge in [-0.1, -0.05) is 5.92 Å². The van der Waals surface area contributed by atoms with Crippen molar-refractivity contribution in [3.8, 4) is 12.3 Å². The second kappa shape index (κ2) is 5.98. The van der Waals surface area contributed by atoms with E-state index in [2.05, 4.69) is 5.92 Å². The van der Waals surface area contributed by atoms with Crippen LogP contribution in [0.15, 0.2) is 0 Å². The first-order valence-corrected chi connectivity index (χ1v) is 3.58. The molecule has 1 unspecified atom stereocenters. The highest BCUT2D eigenvalue weighted by molar-refractivity contribution is 4.86. The minimum absolute atomic E-state index is 0.189. The molecule has 70 valence electrons. The number of nitrogens with two attached hydrogens (primary N) is 1. The third kappa shape index (κ3) is 4.31. The zero-order valence-electron chi connectivity index (χ0n) is 7.25. The van der Waals surface area contributed by atoms with Crippen molar-refractivity contribution >= 4 is 0 Å². The molecule has 0 amide bonds. The van der Waals surface area contributed by atoms with Crippen LogP contribution in [-0.2, 0) is 9.47 Å². The Morgan fingerprint density at radius 2 is 2.25 bits per heavy atom. The molecule has 0 aromatic heterocycles. The van der Waals surface area contributed by atoms with E-state index in [0.29, 0.717) is 0 Å². The van der Waals surface area contributed by atoms with Gasteiger partial charge in [-0.3, -0.25) is 0 Å². The monoisotopic (exact) mass is 173 g/mol. The lowest BCUT2D eigenvalue weighted by molar-refractivity contribution is 0.0216. The van der Waals surface area contributed by atoms with Gasteiger partial charge in [-0.05, 0) is 0 Å². The van der Waals surface area contributed by atoms with Crippen molar-refractivity contribution in [3.63, 3.8) is 0 Å². The summed E-state index contributed by atoms with van der Waals surface area (Å²) in [6.45, 7) is 0.448.